The molecule has 3 aromatic carbocycles. The first-order valence-electron chi connectivity index (χ1n) is 8.43. The number of benzene rings is 3. The molecule has 1 unspecified atom stereocenters. The summed E-state index contributed by atoms with van der Waals surface area (Å²) in [5.74, 6) is 0.830. The standard InChI is InChI=1S/C23H19NO.Ir/c1-16-13-20(18-9-5-3-6-10-18)14-17(2)22(16)21-15-24-23(25-21)19-11-7-4-8-12-19;/h3-11,13-15,23H,1-2H3;/q-2;. The SMILES string of the molecule is Cc1cc(-c2ccccc2)cc(C)c1C1=C[N-]C(c2[c-]cccc2)O1.[Ir]. The Morgan fingerprint density at radius 2 is 1.58 bits per heavy atom. The summed E-state index contributed by atoms with van der Waals surface area (Å²) >= 11 is 0. The van der Waals surface area contributed by atoms with E-state index in [0.29, 0.717) is 0 Å². The van der Waals surface area contributed by atoms with Crippen molar-refractivity contribution in [2.24, 2.45) is 0 Å². The first-order valence-corrected chi connectivity index (χ1v) is 8.43. The van der Waals surface area contributed by atoms with Gasteiger partial charge >= 0.3 is 0 Å². The summed E-state index contributed by atoms with van der Waals surface area (Å²) < 4.78 is 6.10. The van der Waals surface area contributed by atoms with E-state index in [9.17, 15) is 0 Å². The molecule has 1 atom stereocenters. The van der Waals surface area contributed by atoms with Crippen molar-refractivity contribution in [2.45, 2.75) is 20.1 Å². The third-order valence-electron chi connectivity index (χ3n) is 4.45. The Bertz CT molecular complexity index is 896. The van der Waals surface area contributed by atoms with E-state index >= 15 is 0 Å². The van der Waals surface area contributed by atoms with Crippen LogP contribution in [0.15, 0.2) is 72.9 Å². The average Bonchev–Trinajstić information content (AvgIpc) is 3.12. The summed E-state index contributed by atoms with van der Waals surface area (Å²) in [5, 5.41) is 4.51. The molecule has 3 heteroatoms. The van der Waals surface area contributed by atoms with Crippen LogP contribution in [0.3, 0.4) is 0 Å². The van der Waals surface area contributed by atoms with Crippen LogP contribution in [0.5, 0.6) is 0 Å². The minimum atomic E-state index is -0.302. The quantitative estimate of drug-likeness (QED) is 0.381. The van der Waals surface area contributed by atoms with Crippen LogP contribution in [-0.2, 0) is 24.8 Å². The van der Waals surface area contributed by atoms with Crippen LogP contribution in [0.4, 0.5) is 0 Å². The van der Waals surface area contributed by atoms with Gasteiger partial charge in [0.1, 0.15) is 5.76 Å². The normalized spacial score (nSPS) is 15.5. The summed E-state index contributed by atoms with van der Waals surface area (Å²) in [6, 6.07) is 25.9. The maximum atomic E-state index is 6.10. The molecule has 3 aromatic rings. The van der Waals surface area contributed by atoms with E-state index in [1.165, 1.54) is 22.3 Å². The average molecular weight is 518 g/mol. The van der Waals surface area contributed by atoms with Crippen LogP contribution in [-0.4, -0.2) is 0 Å². The molecule has 0 aromatic heterocycles. The van der Waals surface area contributed by atoms with Gasteiger partial charge < -0.3 is 10.1 Å². The molecule has 1 aliphatic heterocycles. The van der Waals surface area contributed by atoms with Crippen LogP contribution >= 0.6 is 0 Å². The fourth-order valence-electron chi connectivity index (χ4n) is 3.29. The molecule has 0 aliphatic carbocycles. The predicted octanol–water partition coefficient (Wildman–Crippen LogP) is 6.17. The maximum absolute atomic E-state index is 6.10. The molecule has 0 saturated carbocycles. The van der Waals surface area contributed by atoms with Gasteiger partial charge in [-0.05, 0) is 36.1 Å². The minimum absolute atomic E-state index is 0. The van der Waals surface area contributed by atoms with E-state index in [4.69, 9.17) is 4.74 Å². The molecule has 26 heavy (non-hydrogen) atoms. The van der Waals surface area contributed by atoms with Gasteiger partial charge in [-0.1, -0.05) is 42.5 Å². The summed E-state index contributed by atoms with van der Waals surface area (Å²) in [6.07, 6.45) is 1.53. The van der Waals surface area contributed by atoms with Gasteiger partial charge in [0.25, 0.3) is 0 Å². The van der Waals surface area contributed by atoms with Crippen molar-refractivity contribution in [3.8, 4) is 11.1 Å². The van der Waals surface area contributed by atoms with Crippen molar-refractivity contribution in [2.75, 3.05) is 0 Å². The monoisotopic (exact) mass is 518 g/mol. The van der Waals surface area contributed by atoms with Crippen molar-refractivity contribution in [3.63, 3.8) is 0 Å². The molecule has 2 nitrogen and oxygen atoms in total. The first kappa shape index (κ1) is 18.4. The fourth-order valence-corrected chi connectivity index (χ4v) is 3.29. The zero-order valence-corrected chi connectivity index (χ0v) is 17.1. The summed E-state index contributed by atoms with van der Waals surface area (Å²) in [4.78, 5) is 0. The zero-order valence-electron chi connectivity index (χ0n) is 14.7. The Balaban J connectivity index is 0.00000196. The molecular weight excluding hydrogens is 498 g/mol. The van der Waals surface area contributed by atoms with E-state index in [-0.39, 0.29) is 26.3 Å². The Morgan fingerprint density at radius 1 is 0.885 bits per heavy atom. The number of nitrogens with zero attached hydrogens (tertiary/aromatic N) is 1. The van der Waals surface area contributed by atoms with Gasteiger partial charge in [-0.3, -0.25) is 0 Å². The van der Waals surface area contributed by atoms with Crippen molar-refractivity contribution in [1.82, 2.24) is 0 Å². The molecule has 0 amide bonds. The molecule has 1 aliphatic rings. The van der Waals surface area contributed by atoms with Gasteiger partial charge in [-0.25, -0.2) is 0 Å². The summed E-state index contributed by atoms with van der Waals surface area (Å²) in [7, 11) is 0. The molecule has 0 bridgehead atoms. The van der Waals surface area contributed by atoms with Gasteiger partial charge in [0, 0.05) is 31.9 Å². The number of ether oxygens (including phenoxy) is 1. The second-order valence-corrected chi connectivity index (χ2v) is 6.28. The van der Waals surface area contributed by atoms with Crippen LogP contribution in [0, 0.1) is 19.9 Å². The van der Waals surface area contributed by atoms with Gasteiger partial charge in [0.2, 0.25) is 0 Å². The van der Waals surface area contributed by atoms with Gasteiger partial charge in [-0.15, -0.1) is 11.8 Å². The Labute approximate surface area is 168 Å². The van der Waals surface area contributed by atoms with Crippen LogP contribution in [0.2, 0.25) is 0 Å². The molecule has 1 radical (unpaired) electrons. The molecular formula is C23H19IrNO-2. The van der Waals surface area contributed by atoms with Crippen molar-refractivity contribution < 1.29 is 24.8 Å². The number of rotatable bonds is 3. The first-order chi connectivity index (χ1) is 12.2. The number of hydrogen-bond acceptors (Lipinski definition) is 1. The predicted molar refractivity (Wildman–Crippen MR) is 102 cm³/mol. The number of aryl methyl sites for hydroxylation is 2. The van der Waals surface area contributed by atoms with Crippen LogP contribution in [0.1, 0.15) is 28.5 Å². The van der Waals surface area contributed by atoms with Crippen LogP contribution < -0.4 is 0 Å². The summed E-state index contributed by atoms with van der Waals surface area (Å²) in [6.45, 7) is 4.25. The Hall–Kier alpha value is -2.35. The molecule has 0 spiro atoms. The Morgan fingerprint density at radius 3 is 2.23 bits per heavy atom. The van der Waals surface area contributed by atoms with E-state index < -0.39 is 0 Å². The second-order valence-electron chi connectivity index (χ2n) is 6.28. The van der Waals surface area contributed by atoms with Crippen molar-refractivity contribution >= 4 is 5.76 Å². The van der Waals surface area contributed by atoms with Gasteiger partial charge in [-0.2, -0.15) is 30.3 Å². The minimum Gasteiger partial charge on any atom is -0.651 e. The van der Waals surface area contributed by atoms with E-state index in [1.807, 2.05) is 36.5 Å². The fraction of sp³-hybridized carbons (Fsp3) is 0.130. The molecule has 0 saturated heterocycles. The molecule has 133 valence electrons. The largest absolute Gasteiger partial charge is 0.651 e. The van der Waals surface area contributed by atoms with Gasteiger partial charge in [0.15, 0.2) is 0 Å². The van der Waals surface area contributed by atoms with E-state index in [2.05, 4.69) is 61.6 Å². The van der Waals surface area contributed by atoms with Crippen molar-refractivity contribution in [1.29, 1.82) is 0 Å². The van der Waals surface area contributed by atoms with Crippen LogP contribution in [0.25, 0.3) is 22.2 Å². The topological polar surface area (TPSA) is 23.3 Å². The third kappa shape index (κ3) is 3.60. The molecule has 0 fully saturated rings. The molecule has 0 N–H and O–H groups in total. The molecule has 1 heterocycles. The zero-order chi connectivity index (χ0) is 17.2. The Kier molecular flexibility index (Phi) is 5.61. The number of hydrogen-bond donors (Lipinski definition) is 0. The van der Waals surface area contributed by atoms with E-state index in [0.717, 1.165) is 16.9 Å². The summed E-state index contributed by atoms with van der Waals surface area (Å²) in [5.41, 5.74) is 6.91. The second kappa shape index (κ2) is 7.90. The maximum Gasteiger partial charge on any atom is 0.103 e. The smallest absolute Gasteiger partial charge is 0.103 e. The third-order valence-corrected chi connectivity index (χ3v) is 4.45. The van der Waals surface area contributed by atoms with Gasteiger partial charge in [0.05, 0.1) is 0 Å². The molecule has 4 rings (SSSR count). The van der Waals surface area contributed by atoms with E-state index in [1.54, 1.807) is 0 Å². The van der Waals surface area contributed by atoms with Crippen molar-refractivity contribution in [3.05, 3.63) is 107 Å².